The summed E-state index contributed by atoms with van der Waals surface area (Å²) in [5.74, 6) is -0.257. The molecular weight excluding hydrogens is 246 g/mol. The van der Waals surface area contributed by atoms with Crippen molar-refractivity contribution in [3.05, 3.63) is 30.0 Å². The molecule has 19 heavy (non-hydrogen) atoms. The molecule has 1 saturated heterocycles. The third-order valence-electron chi connectivity index (χ3n) is 3.51. The van der Waals surface area contributed by atoms with Crippen molar-refractivity contribution in [1.29, 1.82) is 0 Å². The van der Waals surface area contributed by atoms with E-state index in [-0.39, 0.29) is 19.0 Å². The van der Waals surface area contributed by atoms with Crippen LogP contribution in [0, 0.1) is 0 Å². The number of fused-ring (bicyclic) bond motifs is 1. The third-order valence-corrected chi connectivity index (χ3v) is 3.51. The van der Waals surface area contributed by atoms with Gasteiger partial charge in [0.25, 0.3) is 5.91 Å². The van der Waals surface area contributed by atoms with E-state index in [0.717, 1.165) is 10.9 Å². The van der Waals surface area contributed by atoms with E-state index in [9.17, 15) is 15.0 Å². The Morgan fingerprint density at radius 1 is 1.26 bits per heavy atom. The lowest BCUT2D eigenvalue weighted by molar-refractivity contribution is 0.0572. The van der Waals surface area contributed by atoms with Crippen molar-refractivity contribution in [2.24, 2.45) is 7.05 Å². The van der Waals surface area contributed by atoms with Crippen molar-refractivity contribution in [3.63, 3.8) is 0 Å². The Hall–Kier alpha value is -1.92. The first kappa shape index (κ1) is 12.1. The van der Waals surface area contributed by atoms with Crippen molar-refractivity contribution in [1.82, 2.24) is 14.7 Å². The van der Waals surface area contributed by atoms with E-state index in [0.29, 0.717) is 5.69 Å². The van der Waals surface area contributed by atoms with Crippen LogP contribution in [0.25, 0.3) is 10.9 Å². The molecule has 6 nitrogen and oxygen atoms in total. The molecule has 2 aromatic rings. The van der Waals surface area contributed by atoms with E-state index in [1.54, 1.807) is 11.7 Å². The quantitative estimate of drug-likeness (QED) is 0.742. The fraction of sp³-hybridized carbons (Fsp3) is 0.385. The van der Waals surface area contributed by atoms with Gasteiger partial charge in [-0.2, -0.15) is 5.10 Å². The Balaban J connectivity index is 1.99. The number of benzene rings is 1. The molecule has 1 aliphatic heterocycles. The Bertz CT molecular complexity index is 627. The van der Waals surface area contributed by atoms with Gasteiger partial charge in [0.15, 0.2) is 5.69 Å². The van der Waals surface area contributed by atoms with Crippen molar-refractivity contribution < 1.29 is 15.0 Å². The number of carbonyl (C=O) groups is 1. The average Bonchev–Trinajstić information content (AvgIpc) is 2.91. The summed E-state index contributed by atoms with van der Waals surface area (Å²) >= 11 is 0. The molecule has 100 valence electrons. The van der Waals surface area contributed by atoms with Crippen LogP contribution in [0.15, 0.2) is 24.3 Å². The molecule has 2 atom stereocenters. The zero-order valence-corrected chi connectivity index (χ0v) is 10.5. The first-order chi connectivity index (χ1) is 9.08. The highest BCUT2D eigenvalue weighted by Crippen LogP contribution is 2.21. The maximum atomic E-state index is 12.4. The molecule has 0 bridgehead atoms. The fourth-order valence-electron chi connectivity index (χ4n) is 2.46. The molecule has 2 N–H and O–H groups in total. The van der Waals surface area contributed by atoms with Crippen molar-refractivity contribution in [3.8, 4) is 0 Å². The number of aliphatic hydroxyl groups excluding tert-OH is 2. The zero-order valence-electron chi connectivity index (χ0n) is 10.5. The summed E-state index contributed by atoms with van der Waals surface area (Å²) < 4.78 is 1.66. The summed E-state index contributed by atoms with van der Waals surface area (Å²) in [7, 11) is 1.78. The summed E-state index contributed by atoms with van der Waals surface area (Å²) in [5, 5.41) is 24.1. The van der Waals surface area contributed by atoms with Gasteiger partial charge in [0.2, 0.25) is 0 Å². The van der Waals surface area contributed by atoms with Gasteiger partial charge < -0.3 is 15.1 Å². The molecule has 0 unspecified atom stereocenters. The maximum Gasteiger partial charge on any atom is 0.275 e. The third kappa shape index (κ3) is 1.89. The lowest BCUT2D eigenvalue weighted by atomic mass is 10.2. The summed E-state index contributed by atoms with van der Waals surface area (Å²) in [5.41, 5.74) is 1.24. The minimum atomic E-state index is -0.876. The van der Waals surface area contributed by atoms with Crippen LogP contribution in [0.2, 0.25) is 0 Å². The number of rotatable bonds is 1. The van der Waals surface area contributed by atoms with Crippen LogP contribution >= 0.6 is 0 Å². The van der Waals surface area contributed by atoms with E-state index < -0.39 is 12.2 Å². The number of amides is 1. The SMILES string of the molecule is Cn1nc(C(=O)N2C[C@@H](O)[C@@H](O)C2)c2ccccc21. The van der Waals surface area contributed by atoms with Crippen molar-refractivity contribution >= 4 is 16.8 Å². The molecule has 0 saturated carbocycles. The smallest absolute Gasteiger partial charge is 0.275 e. The topological polar surface area (TPSA) is 78.6 Å². The van der Waals surface area contributed by atoms with Gasteiger partial charge in [0.1, 0.15) is 0 Å². The number of hydrogen-bond acceptors (Lipinski definition) is 4. The molecular formula is C13H15N3O3. The molecule has 0 radical (unpaired) electrons. The molecule has 1 fully saturated rings. The molecule has 1 amide bonds. The van der Waals surface area contributed by atoms with Crippen LogP contribution in [-0.2, 0) is 7.05 Å². The average molecular weight is 261 g/mol. The highest BCUT2D eigenvalue weighted by molar-refractivity contribution is 6.04. The van der Waals surface area contributed by atoms with Crippen molar-refractivity contribution in [2.75, 3.05) is 13.1 Å². The second-order valence-electron chi connectivity index (χ2n) is 4.83. The number of likely N-dealkylation sites (tertiary alicyclic amines) is 1. The second-order valence-corrected chi connectivity index (χ2v) is 4.83. The van der Waals surface area contributed by atoms with E-state index in [2.05, 4.69) is 5.10 Å². The second kappa shape index (κ2) is 4.32. The monoisotopic (exact) mass is 261 g/mol. The normalized spacial score (nSPS) is 23.2. The highest BCUT2D eigenvalue weighted by Gasteiger charge is 2.34. The minimum absolute atomic E-state index is 0.144. The van der Waals surface area contributed by atoms with Gasteiger partial charge in [-0.05, 0) is 6.07 Å². The standard InChI is InChI=1S/C13H15N3O3/c1-15-9-5-3-2-4-8(9)12(14-15)13(19)16-6-10(17)11(18)7-16/h2-5,10-11,17-18H,6-7H2,1H3/t10-,11+. The van der Waals surface area contributed by atoms with Gasteiger partial charge in [-0.1, -0.05) is 18.2 Å². The number of nitrogens with zero attached hydrogens (tertiary/aromatic N) is 3. The molecule has 6 heteroatoms. The summed E-state index contributed by atoms with van der Waals surface area (Å²) in [4.78, 5) is 13.8. The molecule has 1 aliphatic rings. The highest BCUT2D eigenvalue weighted by atomic mass is 16.3. The van der Waals surface area contributed by atoms with Crippen LogP contribution in [0.1, 0.15) is 10.5 Å². The van der Waals surface area contributed by atoms with Crippen LogP contribution < -0.4 is 0 Å². The summed E-state index contributed by atoms with van der Waals surface area (Å²) in [6, 6.07) is 7.49. The van der Waals surface area contributed by atoms with E-state index in [4.69, 9.17) is 0 Å². The first-order valence-corrected chi connectivity index (χ1v) is 6.15. The van der Waals surface area contributed by atoms with Crippen LogP contribution in [0.4, 0.5) is 0 Å². The van der Waals surface area contributed by atoms with Gasteiger partial charge in [-0.3, -0.25) is 9.48 Å². The van der Waals surface area contributed by atoms with E-state index >= 15 is 0 Å². The number of aryl methyl sites for hydroxylation is 1. The maximum absolute atomic E-state index is 12.4. The first-order valence-electron chi connectivity index (χ1n) is 6.15. The van der Waals surface area contributed by atoms with Crippen LogP contribution in [-0.4, -0.2) is 56.1 Å². The van der Waals surface area contributed by atoms with E-state index in [1.807, 2.05) is 24.3 Å². The number of aliphatic hydroxyl groups is 2. The lowest BCUT2D eigenvalue weighted by Crippen LogP contribution is -2.30. The molecule has 0 spiro atoms. The summed E-state index contributed by atoms with van der Waals surface area (Å²) in [6.45, 7) is 0.288. The molecule has 2 heterocycles. The predicted octanol–water partition coefficient (Wildman–Crippen LogP) is -0.249. The van der Waals surface area contributed by atoms with Gasteiger partial charge in [-0.25, -0.2) is 0 Å². The largest absolute Gasteiger partial charge is 0.388 e. The van der Waals surface area contributed by atoms with Gasteiger partial charge >= 0.3 is 0 Å². The van der Waals surface area contributed by atoms with Gasteiger partial charge in [0, 0.05) is 25.5 Å². The Morgan fingerprint density at radius 2 is 1.89 bits per heavy atom. The lowest BCUT2D eigenvalue weighted by Gasteiger charge is -2.13. The zero-order chi connectivity index (χ0) is 13.6. The van der Waals surface area contributed by atoms with Gasteiger partial charge in [-0.15, -0.1) is 0 Å². The number of aromatic nitrogens is 2. The number of para-hydroxylation sites is 1. The fourth-order valence-corrected chi connectivity index (χ4v) is 2.46. The molecule has 3 rings (SSSR count). The van der Waals surface area contributed by atoms with Crippen molar-refractivity contribution in [2.45, 2.75) is 12.2 Å². The summed E-state index contributed by atoms with van der Waals surface area (Å²) in [6.07, 6.45) is -1.75. The number of carbonyl (C=O) groups excluding carboxylic acids is 1. The predicted molar refractivity (Wildman–Crippen MR) is 68.6 cm³/mol. The minimum Gasteiger partial charge on any atom is -0.388 e. The van der Waals surface area contributed by atoms with Gasteiger partial charge in [0.05, 0.1) is 17.7 Å². The molecule has 1 aromatic carbocycles. The van der Waals surface area contributed by atoms with Crippen LogP contribution in [0.3, 0.4) is 0 Å². The number of β-amino-alcohol motifs (C(OH)–C–C–N with tert-alkyl or cyclic N) is 2. The molecule has 1 aromatic heterocycles. The van der Waals surface area contributed by atoms with Crippen LogP contribution in [0.5, 0.6) is 0 Å². The Kier molecular flexibility index (Phi) is 2.76. The molecule has 0 aliphatic carbocycles. The van der Waals surface area contributed by atoms with E-state index in [1.165, 1.54) is 4.90 Å². The Morgan fingerprint density at radius 3 is 2.58 bits per heavy atom. The Labute approximate surface area is 109 Å². The number of hydrogen-bond donors (Lipinski definition) is 2.